The predicted octanol–water partition coefficient (Wildman–Crippen LogP) is 4.27. The average Bonchev–Trinajstić information content (AvgIpc) is 2.75. The molecule has 0 fully saturated rings. The van der Waals surface area contributed by atoms with Crippen LogP contribution in [0.15, 0.2) is 22.6 Å². The summed E-state index contributed by atoms with van der Waals surface area (Å²) in [5, 5.41) is 3.93. The highest BCUT2D eigenvalue weighted by molar-refractivity contribution is 6.29. The van der Waals surface area contributed by atoms with E-state index >= 15 is 0 Å². The number of benzene rings is 1. The van der Waals surface area contributed by atoms with Crippen molar-refractivity contribution in [3.05, 3.63) is 29.5 Å². The van der Waals surface area contributed by atoms with Crippen LogP contribution in [0.3, 0.4) is 0 Å². The Kier molecular flexibility index (Phi) is 3.97. The minimum atomic E-state index is -0.183. The first-order valence-electron chi connectivity index (χ1n) is 7.18. The molecule has 0 saturated carbocycles. The Morgan fingerprint density at radius 3 is 2.80 bits per heavy atom. The second kappa shape index (κ2) is 5.88. The van der Waals surface area contributed by atoms with Crippen LogP contribution in [0.5, 0.6) is 0 Å². The summed E-state index contributed by atoms with van der Waals surface area (Å²) in [7, 11) is 0. The molecule has 1 aliphatic rings. The van der Waals surface area contributed by atoms with Crippen molar-refractivity contribution < 1.29 is 9.21 Å². The molecule has 1 amide bonds. The Morgan fingerprint density at radius 2 is 2.00 bits per heavy atom. The lowest BCUT2D eigenvalue weighted by atomic mass is 9.97. The van der Waals surface area contributed by atoms with E-state index in [1.807, 2.05) is 18.2 Å². The number of furan rings is 1. The molecule has 4 heteroatoms. The maximum absolute atomic E-state index is 11.4. The number of hydrogen-bond donors (Lipinski definition) is 1. The largest absolute Gasteiger partial charge is 0.461 e. The topological polar surface area (TPSA) is 42.2 Å². The van der Waals surface area contributed by atoms with Crippen LogP contribution < -0.4 is 5.32 Å². The normalized spacial score (nSPS) is 15.4. The van der Waals surface area contributed by atoms with Gasteiger partial charge in [-0.2, -0.15) is 0 Å². The van der Waals surface area contributed by atoms with E-state index in [0.717, 1.165) is 35.3 Å². The molecule has 1 aromatic carbocycles. The van der Waals surface area contributed by atoms with Gasteiger partial charge in [-0.15, -0.1) is 11.6 Å². The minimum absolute atomic E-state index is 0.0263. The third-order valence-electron chi connectivity index (χ3n) is 3.86. The van der Waals surface area contributed by atoms with Crippen LogP contribution in [-0.2, 0) is 17.6 Å². The van der Waals surface area contributed by atoms with E-state index in [2.05, 4.69) is 5.32 Å². The number of fused-ring (bicyclic) bond motifs is 3. The van der Waals surface area contributed by atoms with Gasteiger partial charge >= 0.3 is 0 Å². The van der Waals surface area contributed by atoms with Gasteiger partial charge in [0.1, 0.15) is 17.2 Å². The van der Waals surface area contributed by atoms with Gasteiger partial charge in [-0.25, -0.2) is 0 Å². The fourth-order valence-electron chi connectivity index (χ4n) is 2.89. The molecule has 1 aliphatic carbocycles. The first kappa shape index (κ1) is 13.5. The lowest BCUT2D eigenvalue weighted by Gasteiger charge is -2.08. The van der Waals surface area contributed by atoms with Crippen molar-refractivity contribution in [2.24, 2.45) is 0 Å². The summed E-state index contributed by atoms with van der Waals surface area (Å²) >= 11 is 5.52. The van der Waals surface area contributed by atoms with Gasteiger partial charge in [0.25, 0.3) is 0 Å². The van der Waals surface area contributed by atoms with E-state index in [0.29, 0.717) is 0 Å². The average molecular weight is 292 g/mol. The van der Waals surface area contributed by atoms with Gasteiger partial charge < -0.3 is 9.73 Å². The number of carbonyl (C=O) groups is 1. The third-order valence-corrected chi connectivity index (χ3v) is 4.10. The summed E-state index contributed by atoms with van der Waals surface area (Å²) in [6, 6.07) is 5.80. The van der Waals surface area contributed by atoms with Crippen molar-refractivity contribution in [1.29, 1.82) is 0 Å². The monoisotopic (exact) mass is 291 g/mol. The van der Waals surface area contributed by atoms with Crippen LogP contribution in [0.4, 0.5) is 5.69 Å². The molecule has 1 N–H and O–H groups in total. The number of aryl methyl sites for hydroxylation is 2. The summed E-state index contributed by atoms with van der Waals surface area (Å²) in [5.74, 6) is 0.916. The maximum atomic E-state index is 11.4. The van der Waals surface area contributed by atoms with E-state index in [-0.39, 0.29) is 11.8 Å². The smallest absolute Gasteiger partial charge is 0.239 e. The SMILES string of the molecule is O=C(CCl)Nc1ccc2oc3c(c2c1)CCCCCC3. The second-order valence-corrected chi connectivity index (χ2v) is 5.58. The highest BCUT2D eigenvalue weighted by Crippen LogP contribution is 2.32. The van der Waals surface area contributed by atoms with E-state index in [4.69, 9.17) is 16.0 Å². The molecular formula is C16H18ClNO2. The van der Waals surface area contributed by atoms with E-state index < -0.39 is 0 Å². The van der Waals surface area contributed by atoms with Crippen molar-refractivity contribution in [2.45, 2.75) is 38.5 Å². The fourth-order valence-corrected chi connectivity index (χ4v) is 2.96. The summed E-state index contributed by atoms with van der Waals surface area (Å²) in [6.45, 7) is 0. The van der Waals surface area contributed by atoms with Crippen molar-refractivity contribution >= 4 is 34.2 Å². The highest BCUT2D eigenvalue weighted by Gasteiger charge is 2.16. The Hall–Kier alpha value is -1.48. The molecule has 0 aliphatic heterocycles. The van der Waals surface area contributed by atoms with Gasteiger partial charge in [0.2, 0.25) is 5.91 Å². The molecule has 3 nitrogen and oxygen atoms in total. The lowest BCUT2D eigenvalue weighted by molar-refractivity contribution is -0.113. The van der Waals surface area contributed by atoms with Gasteiger partial charge in [-0.3, -0.25) is 4.79 Å². The van der Waals surface area contributed by atoms with Crippen LogP contribution in [0.2, 0.25) is 0 Å². The van der Waals surface area contributed by atoms with Crippen LogP contribution in [-0.4, -0.2) is 11.8 Å². The third kappa shape index (κ3) is 2.68. The number of halogens is 1. The number of rotatable bonds is 2. The van der Waals surface area contributed by atoms with Crippen LogP contribution in [0.1, 0.15) is 37.0 Å². The van der Waals surface area contributed by atoms with Gasteiger partial charge in [0.05, 0.1) is 0 Å². The van der Waals surface area contributed by atoms with Crippen molar-refractivity contribution in [1.82, 2.24) is 0 Å². The quantitative estimate of drug-likeness (QED) is 0.840. The molecule has 3 rings (SSSR count). The second-order valence-electron chi connectivity index (χ2n) is 5.31. The number of amides is 1. The van der Waals surface area contributed by atoms with Crippen molar-refractivity contribution in [2.75, 3.05) is 11.2 Å². The molecule has 0 spiro atoms. The molecule has 1 aromatic heterocycles. The number of carbonyl (C=O) groups excluding carboxylic acids is 1. The minimum Gasteiger partial charge on any atom is -0.461 e. The summed E-state index contributed by atoms with van der Waals surface area (Å²) in [5.41, 5.74) is 3.02. The summed E-state index contributed by atoms with van der Waals surface area (Å²) in [4.78, 5) is 11.4. The molecular weight excluding hydrogens is 274 g/mol. The highest BCUT2D eigenvalue weighted by atomic mass is 35.5. The Balaban J connectivity index is 1.99. The first-order chi connectivity index (χ1) is 9.78. The lowest BCUT2D eigenvalue weighted by Crippen LogP contribution is -2.12. The molecule has 0 radical (unpaired) electrons. The standard InChI is InChI=1S/C16H18ClNO2/c17-10-16(19)18-11-7-8-15-13(9-11)12-5-3-1-2-4-6-14(12)20-15/h7-9H,1-6,10H2,(H,18,19). The molecule has 1 heterocycles. The van der Waals surface area contributed by atoms with Crippen LogP contribution in [0.25, 0.3) is 11.0 Å². The van der Waals surface area contributed by atoms with Gasteiger partial charge in [-0.05, 0) is 37.5 Å². The molecule has 2 aromatic rings. The number of alkyl halides is 1. The van der Waals surface area contributed by atoms with Crippen molar-refractivity contribution in [3.8, 4) is 0 Å². The molecule has 0 atom stereocenters. The maximum Gasteiger partial charge on any atom is 0.239 e. The molecule has 20 heavy (non-hydrogen) atoms. The zero-order valence-electron chi connectivity index (χ0n) is 11.4. The van der Waals surface area contributed by atoms with E-state index in [1.54, 1.807) is 0 Å². The van der Waals surface area contributed by atoms with Crippen molar-refractivity contribution in [3.63, 3.8) is 0 Å². The van der Waals surface area contributed by atoms with E-state index in [1.165, 1.54) is 31.2 Å². The molecule has 0 unspecified atom stereocenters. The number of nitrogens with one attached hydrogen (secondary N) is 1. The zero-order chi connectivity index (χ0) is 13.9. The predicted molar refractivity (Wildman–Crippen MR) is 81.4 cm³/mol. The van der Waals surface area contributed by atoms with Gasteiger partial charge in [0.15, 0.2) is 0 Å². The molecule has 0 saturated heterocycles. The van der Waals surface area contributed by atoms with Gasteiger partial charge in [-0.1, -0.05) is 12.8 Å². The Bertz CT molecular complexity index is 633. The Labute approximate surface area is 123 Å². The Morgan fingerprint density at radius 1 is 1.20 bits per heavy atom. The zero-order valence-corrected chi connectivity index (χ0v) is 12.1. The molecule has 0 bridgehead atoms. The van der Waals surface area contributed by atoms with Crippen LogP contribution in [0, 0.1) is 0 Å². The first-order valence-corrected chi connectivity index (χ1v) is 7.71. The summed E-state index contributed by atoms with van der Waals surface area (Å²) in [6.07, 6.45) is 7.06. The number of anilines is 1. The van der Waals surface area contributed by atoms with E-state index in [9.17, 15) is 4.79 Å². The fraction of sp³-hybridized carbons (Fsp3) is 0.438. The van der Waals surface area contributed by atoms with Crippen LogP contribution >= 0.6 is 11.6 Å². The number of hydrogen-bond acceptors (Lipinski definition) is 2. The summed E-state index contributed by atoms with van der Waals surface area (Å²) < 4.78 is 5.97. The molecule has 106 valence electrons. The van der Waals surface area contributed by atoms with Gasteiger partial charge in [0, 0.05) is 23.1 Å².